The highest BCUT2D eigenvalue weighted by molar-refractivity contribution is 5.33. The molecule has 0 atom stereocenters. The molecule has 0 bridgehead atoms. The first kappa shape index (κ1) is 17.0. The zero-order valence-electron chi connectivity index (χ0n) is 13.3. The van der Waals surface area contributed by atoms with Crippen molar-refractivity contribution in [3.63, 3.8) is 0 Å². The van der Waals surface area contributed by atoms with Crippen molar-refractivity contribution in [2.75, 3.05) is 20.2 Å². The highest BCUT2D eigenvalue weighted by Crippen LogP contribution is 2.20. The smallest absolute Gasteiger partial charge is 0.123 e. The quantitative estimate of drug-likeness (QED) is 0.666. The van der Waals surface area contributed by atoms with Crippen LogP contribution in [0.25, 0.3) is 0 Å². The van der Waals surface area contributed by atoms with Gasteiger partial charge in [-0.05, 0) is 45.8 Å². The third-order valence-electron chi connectivity index (χ3n) is 3.70. The van der Waals surface area contributed by atoms with Gasteiger partial charge in [-0.25, -0.2) is 0 Å². The van der Waals surface area contributed by atoms with Gasteiger partial charge in [0.2, 0.25) is 0 Å². The van der Waals surface area contributed by atoms with Crippen LogP contribution in [-0.4, -0.2) is 31.1 Å². The first-order valence-corrected chi connectivity index (χ1v) is 7.75. The molecule has 1 aromatic rings. The van der Waals surface area contributed by atoms with Crippen LogP contribution in [0.5, 0.6) is 5.75 Å². The fourth-order valence-electron chi connectivity index (χ4n) is 2.39. The lowest BCUT2D eigenvalue weighted by Gasteiger charge is -2.27. The summed E-state index contributed by atoms with van der Waals surface area (Å²) >= 11 is 0. The van der Waals surface area contributed by atoms with Crippen molar-refractivity contribution in [2.24, 2.45) is 5.73 Å². The van der Waals surface area contributed by atoms with Gasteiger partial charge in [-0.1, -0.05) is 31.0 Å². The highest BCUT2D eigenvalue weighted by Gasteiger charge is 2.12. The Hall–Kier alpha value is -1.06. The van der Waals surface area contributed by atoms with E-state index < -0.39 is 0 Å². The van der Waals surface area contributed by atoms with E-state index in [1.165, 1.54) is 24.8 Å². The lowest BCUT2D eigenvalue weighted by molar-refractivity contribution is 0.205. The molecule has 114 valence electrons. The first-order chi connectivity index (χ1) is 9.69. The van der Waals surface area contributed by atoms with E-state index in [0.717, 1.165) is 31.8 Å². The molecule has 2 N–H and O–H groups in total. The predicted molar refractivity (Wildman–Crippen MR) is 86.1 cm³/mol. The number of ether oxygens (including phenoxy) is 1. The molecular weight excluding hydrogens is 248 g/mol. The van der Waals surface area contributed by atoms with Crippen molar-refractivity contribution in [1.29, 1.82) is 0 Å². The fraction of sp³-hybridized carbons (Fsp3) is 0.647. The molecule has 1 aromatic carbocycles. The molecule has 0 saturated heterocycles. The van der Waals surface area contributed by atoms with Crippen molar-refractivity contribution < 1.29 is 4.74 Å². The summed E-state index contributed by atoms with van der Waals surface area (Å²) in [6.45, 7) is 7.43. The van der Waals surface area contributed by atoms with E-state index in [9.17, 15) is 0 Å². The Morgan fingerprint density at radius 1 is 1.10 bits per heavy atom. The molecule has 0 aliphatic heterocycles. The molecule has 1 rings (SSSR count). The monoisotopic (exact) mass is 278 g/mol. The Morgan fingerprint density at radius 3 is 2.45 bits per heavy atom. The van der Waals surface area contributed by atoms with Crippen LogP contribution in [-0.2, 0) is 6.54 Å². The first-order valence-electron chi connectivity index (χ1n) is 7.75. The van der Waals surface area contributed by atoms with Crippen LogP contribution >= 0.6 is 0 Å². The molecule has 0 aromatic heterocycles. The molecule has 0 aliphatic carbocycles. The number of hydrogen-bond acceptors (Lipinski definition) is 3. The van der Waals surface area contributed by atoms with Crippen LogP contribution in [0.4, 0.5) is 0 Å². The van der Waals surface area contributed by atoms with Crippen molar-refractivity contribution >= 4 is 0 Å². The SMILES string of the molecule is COc1ccccc1CN(CCCCCCN)C(C)C. The van der Waals surface area contributed by atoms with E-state index in [2.05, 4.69) is 30.9 Å². The second-order valence-electron chi connectivity index (χ2n) is 5.58. The highest BCUT2D eigenvalue weighted by atomic mass is 16.5. The third kappa shape index (κ3) is 5.93. The topological polar surface area (TPSA) is 38.5 Å². The number of hydrogen-bond donors (Lipinski definition) is 1. The fourth-order valence-corrected chi connectivity index (χ4v) is 2.39. The molecule has 0 heterocycles. The number of rotatable bonds is 10. The average molecular weight is 278 g/mol. The van der Waals surface area contributed by atoms with Gasteiger partial charge in [0.15, 0.2) is 0 Å². The Kier molecular flexibility index (Phi) is 8.31. The second-order valence-corrected chi connectivity index (χ2v) is 5.58. The molecule has 0 fully saturated rings. The number of benzene rings is 1. The minimum absolute atomic E-state index is 0.550. The van der Waals surface area contributed by atoms with Crippen molar-refractivity contribution in [3.8, 4) is 5.75 Å². The van der Waals surface area contributed by atoms with Gasteiger partial charge >= 0.3 is 0 Å². The molecule has 20 heavy (non-hydrogen) atoms. The number of nitrogens with two attached hydrogens (primary N) is 1. The molecule has 3 heteroatoms. The van der Waals surface area contributed by atoms with Crippen molar-refractivity contribution in [2.45, 2.75) is 52.1 Å². The van der Waals surface area contributed by atoms with Crippen LogP contribution in [0.1, 0.15) is 45.1 Å². The molecule has 0 aliphatic rings. The normalized spacial score (nSPS) is 11.3. The minimum Gasteiger partial charge on any atom is -0.496 e. The Morgan fingerprint density at radius 2 is 1.80 bits per heavy atom. The summed E-state index contributed by atoms with van der Waals surface area (Å²) in [5, 5.41) is 0. The largest absolute Gasteiger partial charge is 0.496 e. The summed E-state index contributed by atoms with van der Waals surface area (Å²) < 4.78 is 5.44. The van der Waals surface area contributed by atoms with Crippen LogP contribution < -0.4 is 10.5 Å². The summed E-state index contributed by atoms with van der Waals surface area (Å²) in [6, 6.07) is 8.85. The Labute approximate surface area is 124 Å². The van der Waals surface area contributed by atoms with E-state index >= 15 is 0 Å². The van der Waals surface area contributed by atoms with Gasteiger partial charge in [0.1, 0.15) is 5.75 Å². The summed E-state index contributed by atoms with van der Waals surface area (Å²) in [5.74, 6) is 0.987. The Bertz CT molecular complexity index is 366. The van der Waals surface area contributed by atoms with Crippen molar-refractivity contribution in [3.05, 3.63) is 29.8 Å². The lowest BCUT2D eigenvalue weighted by atomic mass is 10.1. The van der Waals surface area contributed by atoms with E-state index in [4.69, 9.17) is 10.5 Å². The van der Waals surface area contributed by atoms with E-state index in [1.54, 1.807) is 7.11 Å². The zero-order valence-corrected chi connectivity index (χ0v) is 13.3. The van der Waals surface area contributed by atoms with E-state index in [-0.39, 0.29) is 0 Å². The van der Waals surface area contributed by atoms with Crippen LogP contribution in [0, 0.1) is 0 Å². The maximum absolute atomic E-state index is 5.53. The van der Waals surface area contributed by atoms with Crippen molar-refractivity contribution in [1.82, 2.24) is 4.90 Å². The second kappa shape index (κ2) is 9.78. The van der Waals surface area contributed by atoms with Gasteiger partial charge < -0.3 is 10.5 Å². The van der Waals surface area contributed by atoms with Gasteiger partial charge in [-0.2, -0.15) is 0 Å². The van der Waals surface area contributed by atoms with Gasteiger partial charge in [0.05, 0.1) is 7.11 Å². The number of methoxy groups -OCH3 is 1. The van der Waals surface area contributed by atoms with Gasteiger partial charge in [-0.3, -0.25) is 4.90 Å². The van der Waals surface area contributed by atoms with Crippen LogP contribution in [0.2, 0.25) is 0 Å². The van der Waals surface area contributed by atoms with Gasteiger partial charge in [0, 0.05) is 18.2 Å². The van der Waals surface area contributed by atoms with Gasteiger partial charge in [-0.15, -0.1) is 0 Å². The minimum atomic E-state index is 0.550. The number of unbranched alkanes of at least 4 members (excludes halogenated alkanes) is 3. The van der Waals surface area contributed by atoms with Crippen LogP contribution in [0.15, 0.2) is 24.3 Å². The molecule has 0 saturated carbocycles. The van der Waals surface area contributed by atoms with Crippen LogP contribution in [0.3, 0.4) is 0 Å². The molecule has 3 nitrogen and oxygen atoms in total. The molecular formula is C17H30N2O. The number of para-hydroxylation sites is 1. The maximum atomic E-state index is 5.53. The van der Waals surface area contributed by atoms with Gasteiger partial charge in [0.25, 0.3) is 0 Å². The summed E-state index contributed by atoms with van der Waals surface area (Å²) in [7, 11) is 1.74. The standard InChI is InChI=1S/C17H30N2O/c1-15(2)19(13-9-5-4-8-12-18)14-16-10-6-7-11-17(16)20-3/h6-7,10-11,15H,4-5,8-9,12-14,18H2,1-3H3. The zero-order chi connectivity index (χ0) is 14.8. The molecule has 0 unspecified atom stereocenters. The Balaban J connectivity index is 2.50. The molecule has 0 amide bonds. The molecule has 0 radical (unpaired) electrons. The molecule has 0 spiro atoms. The summed E-state index contributed by atoms with van der Waals surface area (Å²) in [6.07, 6.45) is 4.91. The summed E-state index contributed by atoms with van der Waals surface area (Å²) in [4.78, 5) is 2.51. The predicted octanol–water partition coefficient (Wildman–Crippen LogP) is 3.42. The lowest BCUT2D eigenvalue weighted by Crippen LogP contribution is -2.31. The third-order valence-corrected chi connectivity index (χ3v) is 3.70. The maximum Gasteiger partial charge on any atom is 0.123 e. The number of nitrogens with zero attached hydrogens (tertiary/aromatic N) is 1. The average Bonchev–Trinajstić information content (AvgIpc) is 2.46. The summed E-state index contributed by atoms with van der Waals surface area (Å²) in [5.41, 5.74) is 6.80. The van der Waals surface area contributed by atoms with E-state index in [1.807, 2.05) is 12.1 Å². The van der Waals surface area contributed by atoms with E-state index in [0.29, 0.717) is 6.04 Å².